The zero-order chi connectivity index (χ0) is 16.4. The molecule has 1 aliphatic rings. The van der Waals surface area contributed by atoms with Gasteiger partial charge in [0.2, 0.25) is 0 Å². The van der Waals surface area contributed by atoms with E-state index < -0.39 is 0 Å². The Labute approximate surface area is 150 Å². The van der Waals surface area contributed by atoms with Crippen LogP contribution >= 0.6 is 0 Å². The minimum absolute atomic E-state index is 0.516. The first-order valence-electron chi connectivity index (χ1n) is 8.37. The molecular weight excluding hydrogens is 355 g/mol. The van der Waals surface area contributed by atoms with Gasteiger partial charge in [0.05, 0.1) is 0 Å². The van der Waals surface area contributed by atoms with E-state index in [2.05, 4.69) is 91.9 Å². The van der Waals surface area contributed by atoms with E-state index in [0.29, 0.717) is 20.9 Å². The standard InChI is InChI=1S/C23H20Se/c1-17-12-14-18(15-13-17)21-16-24-23(20-10-6-3-7-11-20)22(21)19-8-4-2-5-9-19/h2-15,21H,16H2,1H3. The Hall–Kier alpha value is -2.08. The number of allylic oxidation sites excluding steroid dienone is 1. The third kappa shape index (κ3) is 2.98. The maximum absolute atomic E-state index is 2.31. The fraction of sp³-hybridized carbons (Fsp3) is 0.130. The van der Waals surface area contributed by atoms with Crippen molar-refractivity contribution in [2.45, 2.75) is 18.2 Å². The number of rotatable bonds is 3. The van der Waals surface area contributed by atoms with Crippen molar-refractivity contribution in [1.82, 2.24) is 0 Å². The van der Waals surface area contributed by atoms with Crippen molar-refractivity contribution in [3.8, 4) is 0 Å². The van der Waals surface area contributed by atoms with Gasteiger partial charge in [-0.3, -0.25) is 0 Å². The molecule has 1 atom stereocenters. The van der Waals surface area contributed by atoms with E-state index in [1.54, 1.807) is 4.47 Å². The molecule has 0 saturated carbocycles. The van der Waals surface area contributed by atoms with Crippen molar-refractivity contribution < 1.29 is 0 Å². The van der Waals surface area contributed by atoms with E-state index in [0.717, 1.165) is 0 Å². The second-order valence-corrected chi connectivity index (χ2v) is 8.41. The number of hydrogen-bond acceptors (Lipinski definition) is 0. The van der Waals surface area contributed by atoms with Crippen LogP contribution in [0.4, 0.5) is 0 Å². The van der Waals surface area contributed by atoms with Gasteiger partial charge in [0.1, 0.15) is 0 Å². The van der Waals surface area contributed by atoms with Crippen LogP contribution < -0.4 is 0 Å². The SMILES string of the molecule is Cc1ccc(C2C[Se]C(c3ccccc3)=C2c2ccccc2)cc1. The maximum atomic E-state index is 2.31. The molecule has 0 aromatic heterocycles. The Morgan fingerprint density at radius 2 is 1.29 bits per heavy atom. The second-order valence-electron chi connectivity index (χ2n) is 6.25. The fourth-order valence-corrected chi connectivity index (χ4v) is 6.29. The van der Waals surface area contributed by atoms with Gasteiger partial charge < -0.3 is 0 Å². The summed E-state index contributed by atoms with van der Waals surface area (Å²) in [5.41, 5.74) is 7.08. The molecule has 0 fully saturated rings. The molecule has 0 spiro atoms. The van der Waals surface area contributed by atoms with Crippen molar-refractivity contribution in [2.24, 2.45) is 0 Å². The van der Waals surface area contributed by atoms with Gasteiger partial charge in [-0.15, -0.1) is 0 Å². The van der Waals surface area contributed by atoms with Crippen LogP contribution in [0.5, 0.6) is 0 Å². The molecule has 1 aliphatic heterocycles. The molecule has 0 N–H and O–H groups in total. The third-order valence-corrected chi connectivity index (χ3v) is 7.20. The zero-order valence-electron chi connectivity index (χ0n) is 13.8. The van der Waals surface area contributed by atoms with E-state index in [9.17, 15) is 0 Å². The van der Waals surface area contributed by atoms with Crippen molar-refractivity contribution in [3.05, 3.63) is 107 Å². The van der Waals surface area contributed by atoms with Gasteiger partial charge in [0, 0.05) is 0 Å². The Kier molecular flexibility index (Phi) is 4.38. The predicted molar refractivity (Wildman–Crippen MR) is 104 cm³/mol. The van der Waals surface area contributed by atoms with Crippen LogP contribution in [0.1, 0.15) is 28.2 Å². The van der Waals surface area contributed by atoms with Crippen molar-refractivity contribution >= 4 is 25.0 Å². The predicted octanol–water partition coefficient (Wildman–Crippen LogP) is 5.78. The molecule has 3 aromatic rings. The Bertz CT molecular complexity index is 846. The summed E-state index contributed by atoms with van der Waals surface area (Å²) in [5, 5.41) is 1.25. The monoisotopic (exact) mass is 376 g/mol. The summed E-state index contributed by atoms with van der Waals surface area (Å²) in [6, 6.07) is 31.0. The zero-order valence-corrected chi connectivity index (χ0v) is 15.5. The number of aryl methyl sites for hydroxylation is 1. The van der Waals surface area contributed by atoms with Gasteiger partial charge in [-0.1, -0.05) is 0 Å². The molecule has 24 heavy (non-hydrogen) atoms. The van der Waals surface area contributed by atoms with Gasteiger partial charge in [-0.2, -0.15) is 0 Å². The first-order chi connectivity index (χ1) is 11.8. The molecule has 0 radical (unpaired) electrons. The van der Waals surface area contributed by atoms with Gasteiger partial charge >= 0.3 is 150 Å². The summed E-state index contributed by atoms with van der Waals surface area (Å²) in [4.78, 5) is 0. The van der Waals surface area contributed by atoms with Crippen molar-refractivity contribution in [3.63, 3.8) is 0 Å². The molecule has 4 rings (SSSR count). The first kappa shape index (κ1) is 15.4. The first-order valence-corrected chi connectivity index (χ1v) is 10.4. The average molecular weight is 375 g/mol. The molecule has 1 heterocycles. The Morgan fingerprint density at radius 3 is 1.92 bits per heavy atom. The molecule has 1 heteroatoms. The van der Waals surface area contributed by atoms with E-state index in [4.69, 9.17) is 0 Å². The minimum atomic E-state index is 0.516. The Balaban J connectivity index is 1.86. The van der Waals surface area contributed by atoms with Gasteiger partial charge in [-0.05, 0) is 0 Å². The van der Waals surface area contributed by atoms with Crippen LogP contribution in [0.15, 0.2) is 84.9 Å². The molecule has 3 aromatic carbocycles. The van der Waals surface area contributed by atoms with Crippen LogP contribution in [0, 0.1) is 6.92 Å². The van der Waals surface area contributed by atoms with Crippen molar-refractivity contribution in [1.29, 1.82) is 0 Å². The molecule has 0 aliphatic carbocycles. The number of hydrogen-bond donors (Lipinski definition) is 0. The summed E-state index contributed by atoms with van der Waals surface area (Å²) in [6.07, 6.45) is 0. The average Bonchev–Trinajstić information content (AvgIpc) is 3.09. The molecule has 0 amide bonds. The topological polar surface area (TPSA) is 0 Å². The molecule has 0 bridgehead atoms. The van der Waals surface area contributed by atoms with Gasteiger partial charge in [0.25, 0.3) is 0 Å². The molecular formula is C23H20Se. The van der Waals surface area contributed by atoms with E-state index in [-0.39, 0.29) is 0 Å². The molecule has 118 valence electrons. The molecule has 1 unspecified atom stereocenters. The second kappa shape index (κ2) is 6.81. The molecule has 0 nitrogen and oxygen atoms in total. The van der Waals surface area contributed by atoms with Gasteiger partial charge in [0.15, 0.2) is 0 Å². The summed E-state index contributed by atoms with van der Waals surface area (Å²) < 4.78 is 1.57. The van der Waals surface area contributed by atoms with Crippen LogP contribution in [0.3, 0.4) is 0 Å². The normalized spacial score (nSPS) is 17.3. The van der Waals surface area contributed by atoms with Crippen molar-refractivity contribution in [2.75, 3.05) is 0 Å². The number of benzene rings is 3. The van der Waals surface area contributed by atoms with Crippen LogP contribution in [0.2, 0.25) is 5.32 Å². The summed E-state index contributed by atoms with van der Waals surface area (Å²) in [7, 11) is 0. The fourth-order valence-electron chi connectivity index (χ4n) is 3.33. The quantitative estimate of drug-likeness (QED) is 0.509. The van der Waals surface area contributed by atoms with E-state index in [1.807, 2.05) is 0 Å². The van der Waals surface area contributed by atoms with Crippen LogP contribution in [-0.2, 0) is 0 Å². The summed E-state index contributed by atoms with van der Waals surface area (Å²) in [5.74, 6) is 0.517. The summed E-state index contributed by atoms with van der Waals surface area (Å²) in [6.45, 7) is 2.16. The third-order valence-electron chi connectivity index (χ3n) is 4.59. The molecule has 0 saturated heterocycles. The summed E-state index contributed by atoms with van der Waals surface area (Å²) >= 11 is 0.516. The van der Waals surface area contributed by atoms with Crippen LogP contribution in [-0.4, -0.2) is 15.0 Å². The van der Waals surface area contributed by atoms with Crippen LogP contribution in [0.25, 0.3) is 10.0 Å². The Morgan fingerprint density at radius 1 is 0.708 bits per heavy atom. The van der Waals surface area contributed by atoms with E-state index in [1.165, 1.54) is 33.1 Å². The van der Waals surface area contributed by atoms with E-state index >= 15 is 0 Å². The van der Waals surface area contributed by atoms with Gasteiger partial charge in [-0.25, -0.2) is 0 Å².